The number of carbonyl (C=O) groups is 1. The van der Waals surface area contributed by atoms with Gasteiger partial charge in [0.1, 0.15) is 5.82 Å². The van der Waals surface area contributed by atoms with E-state index < -0.39 is 0 Å². The van der Waals surface area contributed by atoms with Crippen molar-refractivity contribution < 1.29 is 4.79 Å². The average molecular weight is 290 g/mol. The second-order valence-electron chi connectivity index (χ2n) is 4.46. The van der Waals surface area contributed by atoms with Crippen LogP contribution in [0.2, 0.25) is 0 Å². The van der Waals surface area contributed by atoms with Crippen molar-refractivity contribution in [2.75, 3.05) is 11.6 Å². The van der Waals surface area contributed by atoms with E-state index in [1.54, 1.807) is 30.6 Å². The molecule has 5 nitrogen and oxygen atoms in total. The number of hydrogen-bond donors (Lipinski definition) is 1. The van der Waals surface area contributed by atoms with E-state index in [1.807, 2.05) is 10.9 Å². The number of nitrogens with zero attached hydrogens (tertiary/aromatic N) is 3. The predicted octanol–water partition coefficient (Wildman–Crippen LogP) is 3.22. The van der Waals surface area contributed by atoms with Crippen LogP contribution in [0.5, 0.6) is 0 Å². The van der Waals surface area contributed by atoms with Crippen molar-refractivity contribution in [3.63, 3.8) is 0 Å². The Bertz CT molecular complexity index is 596. The van der Waals surface area contributed by atoms with Crippen LogP contribution in [0.15, 0.2) is 35.6 Å². The van der Waals surface area contributed by atoms with Gasteiger partial charge in [0.15, 0.2) is 0 Å². The molecule has 0 aromatic carbocycles. The third-order valence-electron chi connectivity index (χ3n) is 3.13. The molecule has 1 N–H and O–H groups in total. The van der Waals surface area contributed by atoms with Crippen molar-refractivity contribution in [3.05, 3.63) is 36.2 Å². The van der Waals surface area contributed by atoms with E-state index in [1.165, 1.54) is 11.8 Å². The largest absolute Gasteiger partial charge is 0.307 e. The third kappa shape index (κ3) is 3.19. The highest BCUT2D eigenvalue weighted by Crippen LogP contribution is 2.18. The number of carbonyl (C=O) groups excluding carboxylic acids is 1. The summed E-state index contributed by atoms with van der Waals surface area (Å²) in [5, 5.41) is 7.98. The van der Waals surface area contributed by atoms with Gasteiger partial charge in [0.2, 0.25) is 0 Å². The maximum absolute atomic E-state index is 12.3. The number of nitrogens with one attached hydrogen (secondary N) is 1. The summed E-state index contributed by atoms with van der Waals surface area (Å²) < 4.78 is 1.83. The van der Waals surface area contributed by atoms with Crippen molar-refractivity contribution in [1.82, 2.24) is 14.8 Å². The van der Waals surface area contributed by atoms with E-state index in [2.05, 4.69) is 29.2 Å². The summed E-state index contributed by atoms with van der Waals surface area (Å²) in [6.45, 7) is 4.16. The molecule has 0 saturated heterocycles. The van der Waals surface area contributed by atoms with Gasteiger partial charge in [-0.2, -0.15) is 5.10 Å². The highest BCUT2D eigenvalue weighted by atomic mass is 32.2. The number of pyridine rings is 1. The molecule has 2 aromatic heterocycles. The van der Waals surface area contributed by atoms with Gasteiger partial charge in [-0.25, -0.2) is 9.67 Å². The standard InChI is InChI=1S/C14H18N4OS/c1-4-10(2)18-12(6-8-16-18)17-14(19)11-5-7-15-13(9-11)20-3/h5-10H,4H2,1-3H3,(H,17,19). The normalized spacial score (nSPS) is 12.2. The first-order valence-corrected chi connectivity index (χ1v) is 7.73. The van der Waals surface area contributed by atoms with Gasteiger partial charge in [-0.05, 0) is 31.7 Å². The summed E-state index contributed by atoms with van der Waals surface area (Å²) in [6.07, 6.45) is 6.23. The Morgan fingerprint density at radius 3 is 2.95 bits per heavy atom. The molecule has 2 aromatic rings. The van der Waals surface area contributed by atoms with E-state index in [0.717, 1.165) is 11.4 Å². The van der Waals surface area contributed by atoms with E-state index in [9.17, 15) is 4.79 Å². The molecule has 2 rings (SSSR count). The lowest BCUT2D eigenvalue weighted by atomic mass is 10.2. The van der Waals surface area contributed by atoms with Crippen molar-refractivity contribution in [3.8, 4) is 0 Å². The third-order valence-corrected chi connectivity index (χ3v) is 3.77. The van der Waals surface area contributed by atoms with Gasteiger partial charge in [-0.3, -0.25) is 4.79 Å². The van der Waals surface area contributed by atoms with Crippen LogP contribution in [-0.4, -0.2) is 26.9 Å². The Labute approximate surface area is 122 Å². The van der Waals surface area contributed by atoms with Gasteiger partial charge in [0, 0.05) is 17.8 Å². The molecule has 106 valence electrons. The van der Waals surface area contributed by atoms with E-state index >= 15 is 0 Å². The van der Waals surface area contributed by atoms with Crippen LogP contribution < -0.4 is 5.32 Å². The van der Waals surface area contributed by atoms with Gasteiger partial charge >= 0.3 is 0 Å². The minimum absolute atomic E-state index is 0.146. The molecule has 2 heterocycles. The molecular weight excluding hydrogens is 272 g/mol. The fourth-order valence-corrected chi connectivity index (χ4v) is 2.20. The Hall–Kier alpha value is -1.82. The van der Waals surface area contributed by atoms with Crippen LogP contribution in [0, 0.1) is 0 Å². The summed E-state index contributed by atoms with van der Waals surface area (Å²) in [7, 11) is 0. The van der Waals surface area contributed by atoms with Crippen LogP contribution in [0.1, 0.15) is 36.7 Å². The van der Waals surface area contributed by atoms with E-state index in [0.29, 0.717) is 11.4 Å². The number of hydrogen-bond acceptors (Lipinski definition) is 4. The van der Waals surface area contributed by atoms with Crippen molar-refractivity contribution in [2.45, 2.75) is 31.3 Å². The van der Waals surface area contributed by atoms with Crippen molar-refractivity contribution >= 4 is 23.5 Å². The topological polar surface area (TPSA) is 59.8 Å². The first-order valence-electron chi connectivity index (χ1n) is 6.50. The maximum atomic E-state index is 12.3. The fraction of sp³-hybridized carbons (Fsp3) is 0.357. The van der Waals surface area contributed by atoms with E-state index in [-0.39, 0.29) is 11.9 Å². The smallest absolute Gasteiger partial charge is 0.256 e. The van der Waals surface area contributed by atoms with Crippen molar-refractivity contribution in [2.24, 2.45) is 0 Å². The zero-order valence-corrected chi connectivity index (χ0v) is 12.6. The minimum Gasteiger partial charge on any atom is -0.307 e. The number of amides is 1. The average Bonchev–Trinajstić information content (AvgIpc) is 2.94. The molecule has 0 aliphatic heterocycles. The molecule has 6 heteroatoms. The van der Waals surface area contributed by atoms with Crippen LogP contribution in [0.25, 0.3) is 0 Å². The summed E-state index contributed by atoms with van der Waals surface area (Å²) >= 11 is 1.51. The molecule has 20 heavy (non-hydrogen) atoms. The molecule has 0 spiro atoms. The van der Waals surface area contributed by atoms with Crippen LogP contribution in [0.4, 0.5) is 5.82 Å². The molecule has 0 aliphatic rings. The number of rotatable bonds is 5. The number of aromatic nitrogens is 3. The molecule has 1 unspecified atom stereocenters. The fourth-order valence-electron chi connectivity index (χ4n) is 1.79. The first kappa shape index (κ1) is 14.6. The second kappa shape index (κ2) is 6.56. The van der Waals surface area contributed by atoms with Gasteiger partial charge < -0.3 is 5.32 Å². The van der Waals surface area contributed by atoms with Gasteiger partial charge in [-0.1, -0.05) is 6.92 Å². The van der Waals surface area contributed by atoms with Crippen LogP contribution >= 0.6 is 11.8 Å². The second-order valence-corrected chi connectivity index (χ2v) is 5.29. The zero-order valence-electron chi connectivity index (χ0n) is 11.8. The molecule has 0 fully saturated rings. The van der Waals surface area contributed by atoms with Gasteiger partial charge in [0.25, 0.3) is 5.91 Å². The maximum Gasteiger partial charge on any atom is 0.256 e. The van der Waals surface area contributed by atoms with Crippen LogP contribution in [0.3, 0.4) is 0 Å². The quantitative estimate of drug-likeness (QED) is 0.859. The SMILES string of the molecule is CCC(C)n1nccc1NC(=O)c1ccnc(SC)c1. The molecule has 1 atom stereocenters. The predicted molar refractivity (Wildman–Crippen MR) is 81.2 cm³/mol. The Morgan fingerprint density at radius 2 is 2.25 bits per heavy atom. The summed E-state index contributed by atoms with van der Waals surface area (Å²) in [5.41, 5.74) is 0.598. The molecule has 0 aliphatic carbocycles. The first-order chi connectivity index (χ1) is 9.65. The van der Waals surface area contributed by atoms with E-state index in [4.69, 9.17) is 0 Å². The lowest BCUT2D eigenvalue weighted by Crippen LogP contribution is -2.17. The van der Waals surface area contributed by atoms with Gasteiger partial charge in [-0.15, -0.1) is 11.8 Å². The van der Waals surface area contributed by atoms with Crippen molar-refractivity contribution in [1.29, 1.82) is 0 Å². The van der Waals surface area contributed by atoms with Crippen LogP contribution in [-0.2, 0) is 0 Å². The molecular formula is C14H18N4OS. The zero-order chi connectivity index (χ0) is 14.5. The number of thioether (sulfide) groups is 1. The lowest BCUT2D eigenvalue weighted by molar-refractivity contribution is 0.102. The monoisotopic (exact) mass is 290 g/mol. The highest BCUT2D eigenvalue weighted by molar-refractivity contribution is 7.98. The minimum atomic E-state index is -0.146. The Morgan fingerprint density at radius 1 is 1.45 bits per heavy atom. The molecule has 1 amide bonds. The lowest BCUT2D eigenvalue weighted by Gasteiger charge is -2.14. The van der Waals surface area contributed by atoms with Gasteiger partial charge in [0.05, 0.1) is 17.3 Å². The molecule has 0 saturated carbocycles. The summed E-state index contributed by atoms with van der Waals surface area (Å²) in [4.78, 5) is 16.4. The summed E-state index contributed by atoms with van der Waals surface area (Å²) in [5.74, 6) is 0.569. The summed E-state index contributed by atoms with van der Waals surface area (Å²) in [6, 6.07) is 5.54. The Kier molecular flexibility index (Phi) is 4.79. The molecule has 0 bridgehead atoms. The highest BCUT2D eigenvalue weighted by Gasteiger charge is 2.13. The Balaban J connectivity index is 2.17. The molecule has 0 radical (unpaired) electrons. The number of anilines is 1.